The van der Waals surface area contributed by atoms with Gasteiger partial charge in [0.05, 0.1) is 7.11 Å². The smallest absolute Gasteiger partial charge is 0.325 e. The van der Waals surface area contributed by atoms with Crippen molar-refractivity contribution in [3.8, 4) is 5.75 Å². The number of ether oxygens (including phenoxy) is 1. The zero-order chi connectivity index (χ0) is 16.2. The summed E-state index contributed by atoms with van der Waals surface area (Å²) in [7, 11) is -1.28. The number of benzene rings is 1. The van der Waals surface area contributed by atoms with E-state index in [1.807, 2.05) is 0 Å². The minimum Gasteiger partial charge on any atom is -0.495 e. The van der Waals surface area contributed by atoms with Gasteiger partial charge in [-0.2, -0.15) is 0 Å². The van der Waals surface area contributed by atoms with E-state index in [2.05, 4.69) is 10.0 Å². The molecule has 0 aliphatic rings. The van der Waals surface area contributed by atoms with Gasteiger partial charge in [0.15, 0.2) is 0 Å². The molecule has 0 aromatic heterocycles. The summed E-state index contributed by atoms with van der Waals surface area (Å²) < 4.78 is 30.8. The van der Waals surface area contributed by atoms with Crippen molar-refractivity contribution >= 4 is 21.9 Å². The average molecular weight is 316 g/mol. The summed E-state index contributed by atoms with van der Waals surface area (Å²) in [5, 5.41) is 11.0. The van der Waals surface area contributed by atoms with Gasteiger partial charge in [0, 0.05) is 5.56 Å². The van der Waals surface area contributed by atoms with E-state index in [1.165, 1.54) is 33.2 Å². The summed E-state index contributed by atoms with van der Waals surface area (Å²) in [6.07, 6.45) is 0. The summed E-state index contributed by atoms with van der Waals surface area (Å²) >= 11 is 0. The van der Waals surface area contributed by atoms with Gasteiger partial charge in [-0.25, -0.2) is 13.1 Å². The van der Waals surface area contributed by atoms with E-state index < -0.39 is 27.9 Å². The number of carbonyl (C=O) groups is 2. The van der Waals surface area contributed by atoms with E-state index in [-0.39, 0.29) is 16.2 Å². The van der Waals surface area contributed by atoms with E-state index in [1.54, 1.807) is 0 Å². The number of carboxylic acids is 1. The van der Waals surface area contributed by atoms with E-state index in [4.69, 9.17) is 9.84 Å². The maximum Gasteiger partial charge on any atom is 0.325 e. The van der Waals surface area contributed by atoms with Crippen LogP contribution in [0, 0.1) is 0 Å². The lowest BCUT2D eigenvalue weighted by atomic mass is 10.2. The van der Waals surface area contributed by atoms with Crippen molar-refractivity contribution in [2.75, 3.05) is 14.2 Å². The van der Waals surface area contributed by atoms with Crippen molar-refractivity contribution in [3.05, 3.63) is 23.8 Å². The van der Waals surface area contributed by atoms with Gasteiger partial charge in [0.2, 0.25) is 10.0 Å². The molecule has 0 fully saturated rings. The highest BCUT2D eigenvalue weighted by atomic mass is 32.2. The highest BCUT2D eigenvalue weighted by Crippen LogP contribution is 2.24. The van der Waals surface area contributed by atoms with Gasteiger partial charge >= 0.3 is 5.97 Å². The molecule has 0 saturated carbocycles. The number of amides is 1. The molecule has 0 heterocycles. The topological polar surface area (TPSA) is 122 Å². The van der Waals surface area contributed by atoms with Crippen LogP contribution in [0.25, 0.3) is 0 Å². The molecule has 0 saturated heterocycles. The number of hydrogen-bond acceptors (Lipinski definition) is 5. The SMILES string of the molecule is CNS(=O)(=O)c1cc(C(=O)N[C@@H](C)C(=O)O)ccc1OC. The first-order chi connectivity index (χ1) is 9.72. The zero-order valence-electron chi connectivity index (χ0n) is 11.7. The number of nitrogens with one attached hydrogen (secondary N) is 2. The predicted octanol–water partition coefficient (Wildman–Crippen LogP) is -0.194. The van der Waals surface area contributed by atoms with E-state index in [0.717, 1.165) is 6.07 Å². The Balaban J connectivity index is 3.20. The van der Waals surface area contributed by atoms with Crippen molar-refractivity contribution in [3.63, 3.8) is 0 Å². The third-order valence-electron chi connectivity index (χ3n) is 2.70. The molecule has 1 aromatic rings. The van der Waals surface area contributed by atoms with Gasteiger partial charge in [0.1, 0.15) is 16.7 Å². The number of sulfonamides is 1. The fourth-order valence-corrected chi connectivity index (χ4v) is 2.40. The van der Waals surface area contributed by atoms with Crippen LogP contribution in [0.4, 0.5) is 0 Å². The molecule has 116 valence electrons. The largest absolute Gasteiger partial charge is 0.495 e. The molecule has 1 amide bonds. The molecule has 1 atom stereocenters. The Hall–Kier alpha value is -2.13. The number of rotatable bonds is 6. The third kappa shape index (κ3) is 3.92. The van der Waals surface area contributed by atoms with Crippen LogP contribution < -0.4 is 14.8 Å². The first kappa shape index (κ1) is 16.9. The molecule has 0 unspecified atom stereocenters. The quantitative estimate of drug-likeness (QED) is 0.668. The Morgan fingerprint density at radius 2 is 1.95 bits per heavy atom. The highest BCUT2D eigenvalue weighted by molar-refractivity contribution is 7.89. The van der Waals surface area contributed by atoms with E-state index in [0.29, 0.717) is 0 Å². The van der Waals surface area contributed by atoms with Crippen LogP contribution in [-0.4, -0.2) is 45.6 Å². The van der Waals surface area contributed by atoms with Crippen LogP contribution in [0.15, 0.2) is 23.1 Å². The minimum atomic E-state index is -3.81. The monoisotopic (exact) mass is 316 g/mol. The van der Waals surface area contributed by atoms with Crippen LogP contribution in [0.5, 0.6) is 5.75 Å². The number of methoxy groups -OCH3 is 1. The molecule has 21 heavy (non-hydrogen) atoms. The first-order valence-corrected chi connectivity index (χ1v) is 7.36. The predicted molar refractivity (Wildman–Crippen MR) is 73.8 cm³/mol. The van der Waals surface area contributed by atoms with Gasteiger partial charge < -0.3 is 15.2 Å². The Bertz CT molecular complexity index is 656. The normalized spacial score (nSPS) is 12.5. The minimum absolute atomic E-state index is 0.0118. The molecular formula is C12H16N2O6S. The summed E-state index contributed by atoms with van der Waals surface area (Å²) in [4.78, 5) is 22.4. The Kier molecular flexibility index (Phi) is 5.28. The lowest BCUT2D eigenvalue weighted by Crippen LogP contribution is -2.38. The number of carbonyl (C=O) groups excluding carboxylic acids is 1. The van der Waals surface area contributed by atoms with Gasteiger partial charge in [-0.1, -0.05) is 0 Å². The maximum absolute atomic E-state index is 11.9. The van der Waals surface area contributed by atoms with Crippen molar-refractivity contribution in [2.45, 2.75) is 17.9 Å². The van der Waals surface area contributed by atoms with Crippen molar-refractivity contribution in [1.82, 2.24) is 10.0 Å². The lowest BCUT2D eigenvalue weighted by Gasteiger charge is -2.12. The number of hydrogen-bond donors (Lipinski definition) is 3. The fraction of sp³-hybridized carbons (Fsp3) is 0.333. The molecule has 8 nitrogen and oxygen atoms in total. The highest BCUT2D eigenvalue weighted by Gasteiger charge is 2.21. The number of aliphatic carboxylic acids is 1. The van der Waals surface area contributed by atoms with E-state index >= 15 is 0 Å². The van der Waals surface area contributed by atoms with Crippen molar-refractivity contribution < 1.29 is 27.9 Å². The summed E-state index contributed by atoms with van der Waals surface area (Å²) in [6, 6.07) is 2.69. The molecule has 0 spiro atoms. The summed E-state index contributed by atoms with van der Waals surface area (Å²) in [5.41, 5.74) is 0.0118. The van der Waals surface area contributed by atoms with Crippen LogP contribution >= 0.6 is 0 Å². The fourth-order valence-electron chi connectivity index (χ4n) is 1.48. The second kappa shape index (κ2) is 6.55. The lowest BCUT2D eigenvalue weighted by molar-refractivity contribution is -0.138. The van der Waals surface area contributed by atoms with Crippen LogP contribution in [0.1, 0.15) is 17.3 Å². The second-order valence-corrected chi connectivity index (χ2v) is 5.96. The van der Waals surface area contributed by atoms with Crippen LogP contribution in [0.3, 0.4) is 0 Å². The molecule has 0 aliphatic heterocycles. The van der Waals surface area contributed by atoms with E-state index in [9.17, 15) is 18.0 Å². The third-order valence-corrected chi connectivity index (χ3v) is 4.14. The Labute approximate surface area is 122 Å². The van der Waals surface area contributed by atoms with Crippen molar-refractivity contribution in [2.24, 2.45) is 0 Å². The van der Waals surface area contributed by atoms with Crippen molar-refractivity contribution in [1.29, 1.82) is 0 Å². The average Bonchev–Trinajstić information content (AvgIpc) is 2.46. The van der Waals surface area contributed by atoms with Gasteiger partial charge in [0.25, 0.3) is 5.91 Å². The molecule has 0 aliphatic carbocycles. The molecule has 0 radical (unpaired) electrons. The Morgan fingerprint density at radius 1 is 1.33 bits per heavy atom. The molecule has 3 N–H and O–H groups in total. The zero-order valence-corrected chi connectivity index (χ0v) is 12.5. The molecular weight excluding hydrogens is 300 g/mol. The van der Waals surface area contributed by atoms with Crippen LogP contribution in [0.2, 0.25) is 0 Å². The number of carboxylic acid groups (broad SMARTS) is 1. The standard InChI is InChI=1S/C12H16N2O6S/c1-7(12(16)17)14-11(15)8-4-5-9(20-3)10(6-8)21(18,19)13-2/h4-7,13H,1-3H3,(H,14,15)(H,16,17)/t7-/m0/s1. The summed E-state index contributed by atoms with van der Waals surface area (Å²) in [6.45, 7) is 1.30. The van der Waals surface area contributed by atoms with Gasteiger partial charge in [-0.3, -0.25) is 9.59 Å². The van der Waals surface area contributed by atoms with Gasteiger partial charge in [-0.15, -0.1) is 0 Å². The first-order valence-electron chi connectivity index (χ1n) is 5.88. The van der Waals surface area contributed by atoms with Gasteiger partial charge in [-0.05, 0) is 32.2 Å². The Morgan fingerprint density at radius 3 is 2.43 bits per heavy atom. The molecule has 9 heteroatoms. The second-order valence-electron chi connectivity index (χ2n) is 4.11. The molecule has 1 aromatic carbocycles. The van der Waals surface area contributed by atoms with Crippen LogP contribution in [-0.2, 0) is 14.8 Å². The molecule has 0 bridgehead atoms. The summed E-state index contributed by atoms with van der Waals surface area (Å²) in [5.74, 6) is -1.81. The molecule has 1 rings (SSSR count). The maximum atomic E-state index is 11.9.